The molecule has 1 heteroatoms. The summed E-state index contributed by atoms with van der Waals surface area (Å²) in [4.78, 5) is 0. The number of benzene rings is 1. The molecule has 1 aromatic rings. The topological polar surface area (TPSA) is 20.2 Å². The van der Waals surface area contributed by atoms with Gasteiger partial charge in [-0.2, -0.15) is 0 Å². The first-order chi connectivity index (χ1) is 9.61. The molecular weight excluding hydrogens is 244 g/mol. The second kappa shape index (κ2) is 4.26. The van der Waals surface area contributed by atoms with Crippen molar-refractivity contribution in [3.63, 3.8) is 0 Å². The van der Waals surface area contributed by atoms with Gasteiger partial charge in [0, 0.05) is 5.56 Å². The van der Waals surface area contributed by atoms with Crippen LogP contribution in [0.25, 0.3) is 0 Å². The van der Waals surface area contributed by atoms with Gasteiger partial charge in [0.2, 0.25) is 0 Å². The number of hydrogen-bond acceptors (Lipinski definition) is 1. The monoisotopic (exact) mass is 270 g/mol. The van der Waals surface area contributed by atoms with Crippen molar-refractivity contribution < 1.29 is 5.11 Å². The van der Waals surface area contributed by atoms with Gasteiger partial charge < -0.3 is 5.11 Å². The van der Waals surface area contributed by atoms with Gasteiger partial charge in [-0.1, -0.05) is 26.0 Å². The van der Waals surface area contributed by atoms with Crippen molar-refractivity contribution >= 4 is 0 Å². The lowest BCUT2D eigenvalue weighted by molar-refractivity contribution is 0.0330. The first kappa shape index (κ1) is 12.7. The fraction of sp³-hybridized carbons (Fsp3) is 0.684. The lowest BCUT2D eigenvalue weighted by Crippen LogP contribution is -2.41. The predicted molar refractivity (Wildman–Crippen MR) is 81.9 cm³/mol. The minimum Gasteiger partial charge on any atom is -0.508 e. The van der Waals surface area contributed by atoms with Crippen molar-refractivity contribution in [3.05, 3.63) is 29.3 Å². The van der Waals surface area contributed by atoms with Crippen molar-refractivity contribution in [2.24, 2.45) is 23.2 Å². The zero-order chi connectivity index (χ0) is 13.9. The normalized spacial score (nSPS) is 42.7. The summed E-state index contributed by atoms with van der Waals surface area (Å²) in [6, 6.07) is 6.14. The first-order valence-electron chi connectivity index (χ1n) is 8.42. The Morgan fingerprint density at radius 1 is 1.15 bits per heavy atom. The number of aryl methyl sites for hydroxylation is 1. The van der Waals surface area contributed by atoms with Crippen LogP contribution in [0, 0.1) is 23.2 Å². The zero-order valence-electron chi connectivity index (χ0n) is 12.7. The van der Waals surface area contributed by atoms with E-state index in [1.54, 1.807) is 0 Å². The van der Waals surface area contributed by atoms with E-state index in [1.165, 1.54) is 49.7 Å². The minimum atomic E-state index is 0.562. The average molecular weight is 270 g/mol. The van der Waals surface area contributed by atoms with Crippen LogP contribution in [0.2, 0.25) is 0 Å². The van der Waals surface area contributed by atoms with E-state index in [4.69, 9.17) is 0 Å². The van der Waals surface area contributed by atoms with Gasteiger partial charge in [0.25, 0.3) is 0 Å². The Bertz CT molecular complexity index is 535. The smallest absolute Gasteiger partial charge is 0.119 e. The molecule has 0 amide bonds. The maximum Gasteiger partial charge on any atom is 0.119 e. The highest BCUT2D eigenvalue weighted by atomic mass is 16.3. The van der Waals surface area contributed by atoms with Gasteiger partial charge >= 0.3 is 0 Å². The van der Waals surface area contributed by atoms with E-state index in [2.05, 4.69) is 19.9 Å². The first-order valence-corrected chi connectivity index (χ1v) is 8.42. The summed E-state index contributed by atoms with van der Waals surface area (Å²) in [6.07, 6.45) is 7.99. The SMILES string of the molecule is CC1CCC2C3CCc4cccc(O)c4C3CCC12C. The third kappa shape index (κ3) is 1.55. The highest BCUT2D eigenvalue weighted by molar-refractivity contribution is 5.44. The van der Waals surface area contributed by atoms with E-state index in [0.717, 1.165) is 17.8 Å². The Kier molecular flexibility index (Phi) is 2.71. The van der Waals surface area contributed by atoms with Crippen LogP contribution in [-0.2, 0) is 6.42 Å². The molecule has 2 saturated carbocycles. The lowest BCUT2D eigenvalue weighted by Gasteiger charge is -2.50. The molecule has 0 saturated heterocycles. The molecule has 1 aromatic carbocycles. The summed E-state index contributed by atoms with van der Waals surface area (Å²) >= 11 is 0. The quantitative estimate of drug-likeness (QED) is 0.712. The van der Waals surface area contributed by atoms with Crippen molar-refractivity contribution in [2.45, 2.75) is 58.3 Å². The Hall–Kier alpha value is -0.980. The van der Waals surface area contributed by atoms with Crippen LogP contribution >= 0.6 is 0 Å². The highest BCUT2D eigenvalue weighted by Gasteiger charge is 2.53. The number of phenols is 1. The average Bonchev–Trinajstić information content (AvgIpc) is 2.75. The fourth-order valence-electron chi connectivity index (χ4n) is 5.88. The van der Waals surface area contributed by atoms with Crippen LogP contribution in [0.15, 0.2) is 18.2 Å². The molecule has 0 aliphatic heterocycles. The molecule has 0 aromatic heterocycles. The summed E-state index contributed by atoms with van der Waals surface area (Å²) in [7, 11) is 0. The second-order valence-corrected chi connectivity index (χ2v) is 7.79. The van der Waals surface area contributed by atoms with Crippen molar-refractivity contribution in [1.82, 2.24) is 0 Å². The van der Waals surface area contributed by atoms with Crippen LogP contribution in [0.1, 0.15) is 63.0 Å². The summed E-state index contributed by atoms with van der Waals surface area (Å²) in [5.41, 5.74) is 3.30. The molecule has 5 unspecified atom stereocenters. The molecular formula is C19H26O. The van der Waals surface area contributed by atoms with Crippen molar-refractivity contribution in [1.29, 1.82) is 0 Å². The van der Waals surface area contributed by atoms with Crippen LogP contribution in [0.3, 0.4) is 0 Å². The number of phenolic OH excluding ortho intramolecular Hbond substituents is 1. The zero-order valence-corrected chi connectivity index (χ0v) is 12.7. The molecule has 20 heavy (non-hydrogen) atoms. The molecule has 5 atom stereocenters. The van der Waals surface area contributed by atoms with Crippen LogP contribution in [0.5, 0.6) is 5.75 Å². The molecule has 3 aliphatic rings. The molecule has 108 valence electrons. The van der Waals surface area contributed by atoms with Crippen LogP contribution in [0.4, 0.5) is 0 Å². The van der Waals surface area contributed by atoms with E-state index in [9.17, 15) is 5.11 Å². The second-order valence-electron chi connectivity index (χ2n) is 7.79. The maximum absolute atomic E-state index is 10.4. The van der Waals surface area contributed by atoms with Gasteiger partial charge in [-0.3, -0.25) is 0 Å². The third-order valence-corrected chi connectivity index (χ3v) is 7.20. The van der Waals surface area contributed by atoms with Gasteiger partial charge in [0.1, 0.15) is 5.75 Å². The Morgan fingerprint density at radius 2 is 2.00 bits per heavy atom. The number of hydrogen-bond donors (Lipinski definition) is 1. The van der Waals surface area contributed by atoms with Gasteiger partial charge in [-0.05, 0) is 79.2 Å². The van der Waals surface area contributed by atoms with Gasteiger partial charge in [-0.25, -0.2) is 0 Å². The van der Waals surface area contributed by atoms with E-state index in [1.807, 2.05) is 12.1 Å². The molecule has 1 nitrogen and oxygen atoms in total. The van der Waals surface area contributed by atoms with Gasteiger partial charge in [0.05, 0.1) is 0 Å². The molecule has 0 spiro atoms. The van der Waals surface area contributed by atoms with Gasteiger partial charge in [-0.15, -0.1) is 0 Å². The van der Waals surface area contributed by atoms with E-state index in [0.29, 0.717) is 17.1 Å². The Labute approximate surface area is 122 Å². The number of fused-ring (bicyclic) bond motifs is 5. The maximum atomic E-state index is 10.4. The van der Waals surface area contributed by atoms with E-state index >= 15 is 0 Å². The predicted octanol–water partition coefficient (Wildman–Crippen LogP) is 4.88. The van der Waals surface area contributed by atoms with Crippen LogP contribution in [-0.4, -0.2) is 5.11 Å². The standard InChI is InChI=1S/C19H26O/c1-12-6-9-16-14-8-7-13-4-3-5-17(20)18(13)15(14)10-11-19(12,16)2/h3-5,12,14-16,20H,6-11H2,1-2H3. The molecule has 3 aliphatic carbocycles. The lowest BCUT2D eigenvalue weighted by atomic mass is 9.54. The fourth-order valence-corrected chi connectivity index (χ4v) is 5.88. The summed E-state index contributed by atoms with van der Waals surface area (Å²) in [5, 5.41) is 10.4. The Balaban J connectivity index is 1.75. The molecule has 0 radical (unpaired) electrons. The van der Waals surface area contributed by atoms with Crippen LogP contribution < -0.4 is 0 Å². The largest absolute Gasteiger partial charge is 0.508 e. The highest BCUT2D eigenvalue weighted by Crippen LogP contribution is 2.63. The third-order valence-electron chi connectivity index (χ3n) is 7.20. The summed E-state index contributed by atoms with van der Waals surface area (Å²) in [6.45, 7) is 5.01. The van der Waals surface area contributed by atoms with Crippen molar-refractivity contribution in [3.8, 4) is 5.75 Å². The molecule has 0 heterocycles. The molecule has 0 bridgehead atoms. The number of rotatable bonds is 0. The molecule has 1 N–H and O–H groups in total. The summed E-state index contributed by atoms with van der Waals surface area (Å²) in [5.74, 6) is 3.79. The summed E-state index contributed by atoms with van der Waals surface area (Å²) < 4.78 is 0. The Morgan fingerprint density at radius 3 is 2.85 bits per heavy atom. The van der Waals surface area contributed by atoms with Gasteiger partial charge in [0.15, 0.2) is 0 Å². The molecule has 4 rings (SSSR count). The minimum absolute atomic E-state index is 0.562. The molecule has 2 fully saturated rings. The van der Waals surface area contributed by atoms with Crippen molar-refractivity contribution in [2.75, 3.05) is 0 Å². The number of aromatic hydroxyl groups is 1. The van der Waals surface area contributed by atoms with E-state index in [-0.39, 0.29) is 0 Å². The van der Waals surface area contributed by atoms with E-state index < -0.39 is 0 Å².